The van der Waals surface area contributed by atoms with E-state index in [4.69, 9.17) is 4.74 Å². The third kappa shape index (κ3) is 4.91. The molecule has 0 bridgehead atoms. The monoisotopic (exact) mass is 408 g/mol. The number of nitrogens with one attached hydrogen (secondary N) is 2. The number of nitrogens with zero attached hydrogens (tertiary/aromatic N) is 2. The fourth-order valence-electron chi connectivity index (χ4n) is 3.86. The highest BCUT2D eigenvalue weighted by atomic mass is 16.5. The van der Waals surface area contributed by atoms with Gasteiger partial charge in [-0.25, -0.2) is 0 Å². The number of carbonyl (C=O) groups is 2. The minimum atomic E-state index is -0.158. The summed E-state index contributed by atoms with van der Waals surface area (Å²) in [6, 6.07) is 13.7. The third-order valence-corrected chi connectivity index (χ3v) is 5.65. The van der Waals surface area contributed by atoms with Crippen molar-refractivity contribution in [3.63, 3.8) is 0 Å². The van der Waals surface area contributed by atoms with Gasteiger partial charge in [-0.2, -0.15) is 0 Å². The van der Waals surface area contributed by atoms with Crippen LogP contribution in [0.2, 0.25) is 0 Å². The smallest absolute Gasteiger partial charge is 0.258 e. The molecule has 2 aliphatic heterocycles. The van der Waals surface area contributed by atoms with Crippen LogP contribution in [0.3, 0.4) is 0 Å². The summed E-state index contributed by atoms with van der Waals surface area (Å²) in [7, 11) is 2.14. The van der Waals surface area contributed by atoms with Crippen molar-refractivity contribution in [2.45, 2.75) is 19.4 Å². The molecule has 2 N–H and O–H groups in total. The van der Waals surface area contributed by atoms with Crippen molar-refractivity contribution in [1.82, 2.24) is 10.2 Å². The molecule has 0 aliphatic carbocycles. The number of carbonyl (C=O) groups excluding carboxylic acids is 2. The van der Waals surface area contributed by atoms with Gasteiger partial charge in [-0.05, 0) is 48.9 Å². The number of ether oxygens (including phenoxy) is 1. The number of hydrogen-bond acceptors (Lipinski definition) is 5. The van der Waals surface area contributed by atoms with Gasteiger partial charge < -0.3 is 25.2 Å². The lowest BCUT2D eigenvalue weighted by Crippen LogP contribution is -2.45. The Morgan fingerprint density at radius 1 is 1.10 bits per heavy atom. The van der Waals surface area contributed by atoms with Crippen LogP contribution in [-0.4, -0.2) is 56.5 Å². The molecule has 0 unspecified atom stereocenters. The number of piperazine rings is 1. The van der Waals surface area contributed by atoms with Gasteiger partial charge in [0.05, 0.1) is 0 Å². The fourth-order valence-corrected chi connectivity index (χ4v) is 3.86. The van der Waals surface area contributed by atoms with Crippen molar-refractivity contribution >= 4 is 23.2 Å². The van der Waals surface area contributed by atoms with Crippen molar-refractivity contribution in [2.75, 3.05) is 50.1 Å². The van der Waals surface area contributed by atoms with E-state index in [9.17, 15) is 9.59 Å². The molecule has 0 saturated carbocycles. The second-order valence-corrected chi connectivity index (χ2v) is 7.85. The first kappa shape index (κ1) is 20.2. The normalized spacial score (nSPS) is 16.6. The topological polar surface area (TPSA) is 73.9 Å². The molecule has 7 heteroatoms. The summed E-state index contributed by atoms with van der Waals surface area (Å²) >= 11 is 0. The van der Waals surface area contributed by atoms with Crippen molar-refractivity contribution in [3.05, 3.63) is 53.6 Å². The van der Waals surface area contributed by atoms with Crippen LogP contribution in [0.4, 0.5) is 11.4 Å². The zero-order valence-electron chi connectivity index (χ0n) is 17.3. The lowest BCUT2D eigenvalue weighted by molar-refractivity contribution is -0.123. The summed E-state index contributed by atoms with van der Waals surface area (Å²) in [6.45, 7) is 4.49. The van der Waals surface area contributed by atoms with E-state index in [2.05, 4.69) is 39.6 Å². The molecule has 2 heterocycles. The van der Waals surface area contributed by atoms with E-state index < -0.39 is 0 Å². The van der Waals surface area contributed by atoms with E-state index in [1.165, 1.54) is 5.69 Å². The Hall–Kier alpha value is -3.06. The molecule has 30 heavy (non-hydrogen) atoms. The van der Waals surface area contributed by atoms with Gasteiger partial charge in [0.25, 0.3) is 5.91 Å². The lowest BCUT2D eigenvalue weighted by atomic mass is 10.0. The number of amides is 2. The van der Waals surface area contributed by atoms with E-state index in [1.54, 1.807) is 6.07 Å². The molecule has 2 aliphatic rings. The molecule has 1 saturated heterocycles. The molecule has 0 aromatic heterocycles. The highest BCUT2D eigenvalue weighted by molar-refractivity contribution is 5.94. The summed E-state index contributed by atoms with van der Waals surface area (Å²) in [5, 5.41) is 5.81. The van der Waals surface area contributed by atoms with Gasteiger partial charge in [-0.1, -0.05) is 18.2 Å². The van der Waals surface area contributed by atoms with Gasteiger partial charge >= 0.3 is 0 Å². The van der Waals surface area contributed by atoms with E-state index in [0.717, 1.165) is 43.0 Å². The highest BCUT2D eigenvalue weighted by Crippen LogP contribution is 2.27. The van der Waals surface area contributed by atoms with E-state index in [1.807, 2.05) is 24.3 Å². The number of benzene rings is 2. The number of likely N-dealkylation sites (N-methyl/N-ethyl adjacent to an activating group) is 1. The Balaban J connectivity index is 1.30. The van der Waals surface area contributed by atoms with Crippen LogP contribution in [0.15, 0.2) is 42.5 Å². The van der Waals surface area contributed by atoms with Crippen LogP contribution in [0.1, 0.15) is 17.5 Å². The lowest BCUT2D eigenvalue weighted by Gasteiger charge is -2.35. The van der Waals surface area contributed by atoms with Gasteiger partial charge in [0.15, 0.2) is 6.61 Å². The minimum Gasteiger partial charge on any atom is -0.484 e. The van der Waals surface area contributed by atoms with Crippen molar-refractivity contribution < 1.29 is 14.3 Å². The number of anilines is 2. The number of hydrogen-bond donors (Lipinski definition) is 2. The largest absolute Gasteiger partial charge is 0.484 e. The Morgan fingerprint density at radius 2 is 1.90 bits per heavy atom. The van der Waals surface area contributed by atoms with E-state index in [-0.39, 0.29) is 18.4 Å². The van der Waals surface area contributed by atoms with Gasteiger partial charge in [0.1, 0.15) is 5.75 Å². The molecule has 2 amide bonds. The summed E-state index contributed by atoms with van der Waals surface area (Å²) in [5.74, 6) is 0.513. The van der Waals surface area contributed by atoms with Crippen LogP contribution >= 0.6 is 0 Å². The molecule has 0 radical (unpaired) electrons. The Bertz CT molecular complexity index is 922. The molecule has 0 atom stereocenters. The van der Waals surface area contributed by atoms with Crippen LogP contribution in [-0.2, 0) is 22.6 Å². The number of rotatable bonds is 6. The summed E-state index contributed by atoms with van der Waals surface area (Å²) in [5.41, 5.74) is 4.15. The molecule has 158 valence electrons. The van der Waals surface area contributed by atoms with Crippen molar-refractivity contribution in [2.24, 2.45) is 0 Å². The van der Waals surface area contributed by atoms with Crippen molar-refractivity contribution in [1.29, 1.82) is 0 Å². The summed E-state index contributed by atoms with van der Waals surface area (Å²) in [6.07, 6.45) is 1.16. The number of fused-ring (bicyclic) bond motifs is 1. The molecular weight excluding hydrogens is 380 g/mol. The minimum absolute atomic E-state index is 0.0346. The standard InChI is InChI=1S/C23H28N4O3/c1-26-10-12-27(13-11-26)21-5-3-2-4-18(21)15-24-23(29)16-30-19-7-8-20-17(14-19)6-9-22(28)25-20/h2-5,7-8,14H,6,9-13,15-16H2,1H3,(H,24,29)(H,25,28). The summed E-state index contributed by atoms with van der Waals surface area (Å²) in [4.78, 5) is 28.5. The molecule has 0 spiro atoms. The van der Waals surface area contributed by atoms with Crippen LogP contribution in [0.25, 0.3) is 0 Å². The quantitative estimate of drug-likeness (QED) is 0.765. The van der Waals surface area contributed by atoms with E-state index >= 15 is 0 Å². The van der Waals surface area contributed by atoms with Gasteiger partial charge in [0, 0.05) is 50.5 Å². The summed E-state index contributed by atoms with van der Waals surface area (Å²) < 4.78 is 5.67. The first-order valence-electron chi connectivity index (χ1n) is 10.4. The first-order chi connectivity index (χ1) is 14.6. The average Bonchev–Trinajstić information content (AvgIpc) is 2.77. The van der Waals surface area contributed by atoms with Crippen LogP contribution < -0.4 is 20.3 Å². The Morgan fingerprint density at radius 3 is 2.73 bits per heavy atom. The zero-order valence-corrected chi connectivity index (χ0v) is 17.3. The van der Waals surface area contributed by atoms with Crippen LogP contribution in [0.5, 0.6) is 5.75 Å². The molecule has 2 aromatic carbocycles. The zero-order chi connectivity index (χ0) is 20.9. The average molecular weight is 409 g/mol. The maximum Gasteiger partial charge on any atom is 0.258 e. The molecule has 1 fully saturated rings. The third-order valence-electron chi connectivity index (χ3n) is 5.65. The highest BCUT2D eigenvalue weighted by Gasteiger charge is 2.18. The molecule has 4 rings (SSSR count). The molecular formula is C23H28N4O3. The van der Waals surface area contributed by atoms with Gasteiger partial charge in [0.2, 0.25) is 5.91 Å². The van der Waals surface area contributed by atoms with Gasteiger partial charge in [-0.15, -0.1) is 0 Å². The van der Waals surface area contributed by atoms with E-state index in [0.29, 0.717) is 25.1 Å². The predicted molar refractivity (Wildman–Crippen MR) is 117 cm³/mol. The molecule has 7 nitrogen and oxygen atoms in total. The predicted octanol–water partition coefficient (Wildman–Crippen LogP) is 2.02. The number of aryl methyl sites for hydroxylation is 1. The van der Waals surface area contributed by atoms with Gasteiger partial charge in [-0.3, -0.25) is 9.59 Å². The fraction of sp³-hybridized carbons (Fsp3) is 0.391. The molecule has 2 aromatic rings. The maximum absolute atomic E-state index is 12.3. The van der Waals surface area contributed by atoms with Crippen LogP contribution in [0, 0.1) is 0 Å². The Labute approximate surface area is 177 Å². The second-order valence-electron chi connectivity index (χ2n) is 7.85. The first-order valence-corrected chi connectivity index (χ1v) is 10.4. The van der Waals surface area contributed by atoms with Crippen molar-refractivity contribution in [3.8, 4) is 5.75 Å². The Kier molecular flexibility index (Phi) is 6.18. The number of para-hydroxylation sites is 1. The maximum atomic E-state index is 12.3. The second kappa shape index (κ2) is 9.17. The SMILES string of the molecule is CN1CCN(c2ccccc2CNC(=O)COc2ccc3c(c2)CCC(=O)N3)CC1.